The molecule has 0 saturated carbocycles. The van der Waals surface area contributed by atoms with Crippen LogP contribution in [-0.4, -0.2) is 16.2 Å². The van der Waals surface area contributed by atoms with Gasteiger partial charge in [-0.2, -0.15) is 0 Å². The van der Waals surface area contributed by atoms with Gasteiger partial charge in [-0.05, 0) is 67.8 Å². The lowest BCUT2D eigenvalue weighted by molar-refractivity contribution is 0.298. The Morgan fingerprint density at radius 1 is 0.933 bits per heavy atom. The fourth-order valence-electron chi connectivity index (χ4n) is 3.59. The molecule has 4 aromatic rings. The van der Waals surface area contributed by atoms with Crippen LogP contribution in [-0.2, 0) is 12.3 Å². The summed E-state index contributed by atoms with van der Waals surface area (Å²) in [5.74, 6) is 2.91. The number of imidazole rings is 1. The lowest BCUT2D eigenvalue weighted by atomic mass is 10.1. The van der Waals surface area contributed by atoms with Gasteiger partial charge in [0.2, 0.25) is 0 Å². The minimum absolute atomic E-state index is 0.683. The zero-order chi connectivity index (χ0) is 20.9. The number of rotatable bonds is 8. The van der Waals surface area contributed by atoms with E-state index < -0.39 is 0 Å². The predicted molar refractivity (Wildman–Crippen MR) is 127 cm³/mol. The summed E-state index contributed by atoms with van der Waals surface area (Å²) in [4.78, 5) is 6.08. The van der Waals surface area contributed by atoms with E-state index in [0.717, 1.165) is 40.8 Å². The lowest BCUT2D eigenvalue weighted by Crippen LogP contribution is -2.08. The maximum Gasteiger partial charge on any atom is 0.125 e. The summed E-state index contributed by atoms with van der Waals surface area (Å²) < 4.78 is 8.43. The van der Waals surface area contributed by atoms with E-state index in [9.17, 15) is 0 Å². The number of thioether (sulfide) groups is 1. The van der Waals surface area contributed by atoms with Crippen molar-refractivity contribution in [1.29, 1.82) is 0 Å². The number of hydrogen-bond acceptors (Lipinski definition) is 3. The van der Waals surface area contributed by atoms with Crippen molar-refractivity contribution in [3.05, 3.63) is 88.7 Å². The molecule has 5 heteroatoms. The van der Waals surface area contributed by atoms with E-state index in [1.54, 1.807) is 11.8 Å². The normalized spacial score (nSPS) is 11.2. The van der Waals surface area contributed by atoms with Crippen LogP contribution in [0.4, 0.5) is 0 Å². The molecule has 4 rings (SSSR count). The minimum atomic E-state index is 0.683. The average Bonchev–Trinajstić information content (AvgIpc) is 3.10. The quantitative estimate of drug-likeness (QED) is 0.218. The Morgan fingerprint density at radius 2 is 1.67 bits per heavy atom. The van der Waals surface area contributed by atoms with Gasteiger partial charge >= 0.3 is 0 Å². The number of benzene rings is 3. The summed E-state index contributed by atoms with van der Waals surface area (Å²) >= 11 is 7.78. The average molecular weight is 437 g/mol. The molecule has 0 amide bonds. The topological polar surface area (TPSA) is 27.1 Å². The van der Waals surface area contributed by atoms with E-state index >= 15 is 0 Å². The van der Waals surface area contributed by atoms with Gasteiger partial charge in [0.25, 0.3) is 0 Å². The standard InChI is InChI=1S/C25H25ClN2OS/c1-18-7-5-8-19(2)25(18)29-16-6-15-28-23-10-4-3-9-22(23)27-24(28)17-30-21-13-11-20(26)12-14-21/h3-5,7-14H,6,15-17H2,1-2H3. The monoisotopic (exact) mass is 436 g/mol. The van der Waals surface area contributed by atoms with Crippen LogP contribution in [0.1, 0.15) is 23.4 Å². The Kier molecular flexibility index (Phi) is 6.66. The summed E-state index contributed by atoms with van der Waals surface area (Å²) in [6, 6.07) is 22.6. The molecule has 1 heterocycles. The molecule has 0 saturated heterocycles. The third-order valence-corrected chi connectivity index (χ3v) is 6.36. The van der Waals surface area contributed by atoms with Gasteiger partial charge < -0.3 is 9.30 Å². The van der Waals surface area contributed by atoms with E-state index in [2.05, 4.69) is 66.9 Å². The number of para-hydroxylation sites is 3. The second-order valence-electron chi connectivity index (χ2n) is 7.33. The molecule has 0 radical (unpaired) electrons. The number of hydrogen-bond donors (Lipinski definition) is 0. The van der Waals surface area contributed by atoms with Crippen LogP contribution in [0.15, 0.2) is 71.6 Å². The van der Waals surface area contributed by atoms with E-state index in [4.69, 9.17) is 21.3 Å². The molecule has 0 spiro atoms. The van der Waals surface area contributed by atoms with Crippen molar-refractivity contribution in [1.82, 2.24) is 9.55 Å². The number of nitrogens with zero attached hydrogens (tertiary/aromatic N) is 2. The van der Waals surface area contributed by atoms with Gasteiger partial charge in [0.1, 0.15) is 11.6 Å². The Balaban J connectivity index is 1.45. The molecule has 154 valence electrons. The fraction of sp³-hybridized carbons (Fsp3) is 0.240. The second-order valence-corrected chi connectivity index (χ2v) is 8.82. The van der Waals surface area contributed by atoms with Crippen LogP contribution >= 0.6 is 23.4 Å². The zero-order valence-electron chi connectivity index (χ0n) is 17.3. The maximum absolute atomic E-state index is 6.11. The first-order valence-corrected chi connectivity index (χ1v) is 11.5. The van der Waals surface area contributed by atoms with Crippen molar-refractivity contribution >= 4 is 34.4 Å². The Labute approximate surface area is 187 Å². The highest BCUT2D eigenvalue weighted by Crippen LogP contribution is 2.27. The fourth-order valence-corrected chi connectivity index (χ4v) is 4.56. The highest BCUT2D eigenvalue weighted by atomic mass is 35.5. The van der Waals surface area contributed by atoms with Gasteiger partial charge in [-0.25, -0.2) is 4.98 Å². The molecule has 30 heavy (non-hydrogen) atoms. The van der Waals surface area contributed by atoms with Crippen molar-refractivity contribution in [2.75, 3.05) is 6.61 Å². The maximum atomic E-state index is 6.11. The van der Waals surface area contributed by atoms with Gasteiger partial charge in [0.15, 0.2) is 0 Å². The van der Waals surface area contributed by atoms with Crippen LogP contribution in [0, 0.1) is 13.8 Å². The number of aryl methyl sites for hydroxylation is 3. The summed E-state index contributed by atoms with van der Waals surface area (Å²) in [7, 11) is 0. The van der Waals surface area contributed by atoms with Crippen molar-refractivity contribution in [2.24, 2.45) is 0 Å². The SMILES string of the molecule is Cc1cccc(C)c1OCCCn1c(CSc2ccc(Cl)cc2)nc2ccccc21. The van der Waals surface area contributed by atoms with Crippen LogP contribution in [0.3, 0.4) is 0 Å². The van der Waals surface area contributed by atoms with Crippen LogP contribution < -0.4 is 4.74 Å². The van der Waals surface area contributed by atoms with Crippen molar-refractivity contribution in [3.63, 3.8) is 0 Å². The molecule has 3 nitrogen and oxygen atoms in total. The van der Waals surface area contributed by atoms with Crippen molar-refractivity contribution < 1.29 is 4.74 Å². The first-order chi connectivity index (χ1) is 14.6. The van der Waals surface area contributed by atoms with Crippen molar-refractivity contribution in [3.8, 4) is 5.75 Å². The van der Waals surface area contributed by atoms with Gasteiger partial charge in [-0.3, -0.25) is 0 Å². The smallest absolute Gasteiger partial charge is 0.125 e. The Hall–Kier alpha value is -2.43. The first-order valence-electron chi connectivity index (χ1n) is 10.1. The molecular weight excluding hydrogens is 412 g/mol. The summed E-state index contributed by atoms with van der Waals surface area (Å²) in [5.41, 5.74) is 4.59. The van der Waals surface area contributed by atoms with Crippen LogP contribution in [0.25, 0.3) is 11.0 Å². The number of fused-ring (bicyclic) bond motifs is 1. The number of ether oxygens (including phenoxy) is 1. The molecule has 1 aromatic heterocycles. The van der Waals surface area contributed by atoms with Crippen LogP contribution in [0.2, 0.25) is 5.02 Å². The van der Waals surface area contributed by atoms with E-state index in [1.165, 1.54) is 21.5 Å². The van der Waals surface area contributed by atoms with Gasteiger partial charge in [-0.1, -0.05) is 41.9 Å². The van der Waals surface area contributed by atoms with E-state index in [0.29, 0.717) is 6.61 Å². The zero-order valence-corrected chi connectivity index (χ0v) is 18.8. The lowest BCUT2D eigenvalue weighted by Gasteiger charge is -2.13. The largest absolute Gasteiger partial charge is 0.493 e. The van der Waals surface area contributed by atoms with E-state index in [1.807, 2.05) is 18.2 Å². The number of halogens is 1. The predicted octanol–water partition coefficient (Wildman–Crippen LogP) is 7.07. The van der Waals surface area contributed by atoms with Gasteiger partial charge in [-0.15, -0.1) is 11.8 Å². The van der Waals surface area contributed by atoms with Crippen molar-refractivity contribution in [2.45, 2.75) is 37.5 Å². The molecule has 3 aromatic carbocycles. The molecule has 0 bridgehead atoms. The summed E-state index contributed by atoms with van der Waals surface area (Å²) in [6.07, 6.45) is 0.923. The third kappa shape index (κ3) is 4.82. The number of aromatic nitrogens is 2. The first kappa shape index (κ1) is 20.8. The molecule has 0 aliphatic heterocycles. The Morgan fingerprint density at radius 3 is 2.43 bits per heavy atom. The minimum Gasteiger partial charge on any atom is -0.493 e. The van der Waals surface area contributed by atoms with Gasteiger partial charge in [0.05, 0.1) is 23.4 Å². The molecule has 0 aliphatic rings. The molecule has 0 atom stereocenters. The van der Waals surface area contributed by atoms with E-state index in [-0.39, 0.29) is 0 Å². The summed E-state index contributed by atoms with van der Waals surface area (Å²) in [6.45, 7) is 5.75. The highest BCUT2D eigenvalue weighted by molar-refractivity contribution is 7.98. The molecular formula is C25H25ClN2OS. The molecule has 0 unspecified atom stereocenters. The Bertz CT molecular complexity index is 1120. The molecule has 0 aliphatic carbocycles. The highest BCUT2D eigenvalue weighted by Gasteiger charge is 2.11. The summed E-state index contributed by atoms with van der Waals surface area (Å²) in [5, 5.41) is 0.760. The van der Waals surface area contributed by atoms with Crippen LogP contribution in [0.5, 0.6) is 5.75 Å². The second kappa shape index (κ2) is 9.59. The molecule has 0 N–H and O–H groups in total. The molecule has 0 fully saturated rings. The third-order valence-electron chi connectivity index (χ3n) is 5.10. The van der Waals surface area contributed by atoms with Gasteiger partial charge in [0, 0.05) is 16.5 Å².